The maximum Gasteiger partial charge on any atom is 0.308 e. The third kappa shape index (κ3) is 12.6. The van der Waals surface area contributed by atoms with E-state index in [1.165, 1.54) is 5.57 Å². The molecular weight excluding hydrogens is 595 g/mol. The van der Waals surface area contributed by atoms with Crippen molar-refractivity contribution in [3.63, 3.8) is 0 Å². The van der Waals surface area contributed by atoms with Crippen LogP contribution in [0.3, 0.4) is 0 Å². The largest absolute Gasteiger partial charge is 0.461 e. The van der Waals surface area contributed by atoms with Gasteiger partial charge < -0.3 is 18.9 Å². The van der Waals surface area contributed by atoms with Gasteiger partial charge in [0.15, 0.2) is 16.6 Å². The minimum absolute atomic E-state index is 0.00546. The van der Waals surface area contributed by atoms with Gasteiger partial charge in [-0.3, -0.25) is 9.59 Å². The first-order valence-corrected chi connectivity index (χ1v) is 24.1. The van der Waals surface area contributed by atoms with Gasteiger partial charge >= 0.3 is 5.97 Å². The van der Waals surface area contributed by atoms with Gasteiger partial charge in [-0.15, -0.1) is 0 Å². The van der Waals surface area contributed by atoms with Gasteiger partial charge in [-0.2, -0.15) is 0 Å². The summed E-state index contributed by atoms with van der Waals surface area (Å²) in [6, 6.07) is 10.0. The number of nitrogens with one attached hydrogen (secondary N) is 1. The highest BCUT2D eigenvalue weighted by Crippen LogP contribution is 2.45. The summed E-state index contributed by atoms with van der Waals surface area (Å²) >= 11 is 0. The van der Waals surface area contributed by atoms with Crippen molar-refractivity contribution in [3.05, 3.63) is 59.7 Å². The molecule has 3 rings (SSSR count). The number of rotatable bonds is 16. The normalized spacial score (nSPS) is 25.5. The van der Waals surface area contributed by atoms with Crippen LogP contribution in [0.5, 0.6) is 0 Å². The van der Waals surface area contributed by atoms with E-state index in [4.69, 9.17) is 13.6 Å². The summed E-state index contributed by atoms with van der Waals surface area (Å²) in [5.41, 5.74) is 2.40. The molecule has 8 atom stereocenters. The molecule has 2 aliphatic rings. The number of carbonyl (C=O) groups excluding carboxylic acids is 2. The highest BCUT2D eigenvalue weighted by molar-refractivity contribution is 6.70. The van der Waals surface area contributed by atoms with Gasteiger partial charge in [0.05, 0.1) is 18.4 Å². The summed E-state index contributed by atoms with van der Waals surface area (Å²) in [5.74, 6) is 1.13. The minimum atomic E-state index is -1.92. The van der Waals surface area contributed by atoms with Gasteiger partial charge in [0.25, 0.3) is 0 Å². The molecule has 0 heterocycles. The molecule has 0 aromatic heterocycles. The van der Waals surface area contributed by atoms with Crippen molar-refractivity contribution in [3.8, 4) is 0 Å². The lowest BCUT2D eigenvalue weighted by molar-refractivity contribution is -0.158. The zero-order valence-electron chi connectivity index (χ0n) is 29.7. The first-order chi connectivity index (χ1) is 21.0. The SMILES string of the molecule is CC[C@H](C)C(=O)O[C@H]1C[C@@H](C)C=C2C=C[C@H](C)[C@H](CC[C@H](C[C@@H](CC(=O)NCc3ccccc3)O[Si](C)(C)C)O[Si](C)(C)C)[C@H]21. The molecule has 0 radical (unpaired) electrons. The van der Waals surface area contributed by atoms with Crippen LogP contribution in [0, 0.1) is 29.6 Å². The van der Waals surface area contributed by atoms with E-state index in [-0.39, 0.29) is 42.0 Å². The van der Waals surface area contributed by atoms with Gasteiger partial charge in [-0.25, -0.2) is 0 Å². The second-order valence-corrected chi connectivity index (χ2v) is 24.5. The molecule has 1 aromatic carbocycles. The zero-order chi connectivity index (χ0) is 33.4. The van der Waals surface area contributed by atoms with Gasteiger partial charge in [0.1, 0.15) is 6.10 Å². The molecule has 0 bridgehead atoms. The standard InChI is InChI=1S/C37H61NO5Si2/c1-11-27(3)37(40)41-34-22-26(2)21-30-18-17-28(4)33(36(30)34)20-19-31(42-44(5,6)7)23-32(43-45(8,9)10)24-35(39)38-25-29-15-13-12-14-16-29/h12-18,21,26-28,31-34,36H,11,19-20,22-25H2,1-10H3,(H,38,39)/t26-,27-,28-,31+,32-,33-,34-,36-/m0/s1. The Morgan fingerprint density at radius 1 is 0.978 bits per heavy atom. The van der Waals surface area contributed by atoms with Crippen LogP contribution in [0.1, 0.15) is 71.8 Å². The maximum atomic E-state index is 13.1. The second kappa shape index (κ2) is 16.7. The molecule has 0 spiro atoms. The van der Waals surface area contributed by atoms with Gasteiger partial charge in [-0.05, 0) is 100 Å². The first-order valence-electron chi connectivity index (χ1n) is 17.3. The summed E-state index contributed by atoms with van der Waals surface area (Å²) in [5, 5.41) is 3.10. The number of benzene rings is 1. The topological polar surface area (TPSA) is 73.9 Å². The molecule has 8 heteroatoms. The average molecular weight is 656 g/mol. The molecule has 1 aromatic rings. The van der Waals surface area contributed by atoms with Crippen LogP contribution in [0.15, 0.2) is 54.1 Å². The Morgan fingerprint density at radius 3 is 2.24 bits per heavy atom. The van der Waals surface area contributed by atoms with Crippen LogP contribution < -0.4 is 5.32 Å². The molecule has 45 heavy (non-hydrogen) atoms. The van der Waals surface area contributed by atoms with Crippen LogP contribution in [-0.2, 0) is 29.7 Å². The van der Waals surface area contributed by atoms with Crippen molar-refractivity contribution in [1.29, 1.82) is 0 Å². The maximum absolute atomic E-state index is 13.1. The zero-order valence-corrected chi connectivity index (χ0v) is 31.7. The van der Waals surface area contributed by atoms with Gasteiger partial charge in [0, 0.05) is 18.6 Å². The predicted molar refractivity (Wildman–Crippen MR) is 190 cm³/mol. The summed E-state index contributed by atoms with van der Waals surface area (Å²) in [6.07, 6.45) is 11.2. The molecule has 1 amide bonds. The second-order valence-electron chi connectivity index (χ2n) is 15.6. The molecule has 0 saturated heterocycles. The number of allylic oxidation sites excluding steroid dienone is 3. The first kappa shape index (κ1) is 37.5. The fourth-order valence-electron chi connectivity index (χ4n) is 6.80. The molecule has 1 N–H and O–H groups in total. The molecule has 6 nitrogen and oxygen atoms in total. The summed E-state index contributed by atoms with van der Waals surface area (Å²) < 4.78 is 19.8. The lowest BCUT2D eigenvalue weighted by Gasteiger charge is -2.43. The van der Waals surface area contributed by atoms with Crippen molar-refractivity contribution in [2.45, 2.75) is 130 Å². The van der Waals surface area contributed by atoms with Gasteiger partial charge in [-0.1, -0.05) is 76.3 Å². The van der Waals surface area contributed by atoms with E-state index in [1.54, 1.807) is 0 Å². The van der Waals surface area contributed by atoms with E-state index >= 15 is 0 Å². The number of esters is 1. The Labute approximate surface area is 276 Å². The van der Waals surface area contributed by atoms with E-state index in [2.05, 4.69) is 76.7 Å². The fraction of sp³-hybridized carbons (Fsp3) is 0.676. The smallest absolute Gasteiger partial charge is 0.308 e. The Hall–Kier alpha value is -2.01. The Bertz CT molecular complexity index is 1160. The molecule has 0 fully saturated rings. The summed E-state index contributed by atoms with van der Waals surface area (Å²) in [7, 11) is -3.81. The highest BCUT2D eigenvalue weighted by atomic mass is 28.4. The Morgan fingerprint density at radius 2 is 1.62 bits per heavy atom. The van der Waals surface area contributed by atoms with E-state index in [0.717, 1.165) is 31.2 Å². The lowest BCUT2D eigenvalue weighted by atomic mass is 9.65. The highest BCUT2D eigenvalue weighted by Gasteiger charge is 2.42. The lowest BCUT2D eigenvalue weighted by Crippen LogP contribution is -2.43. The van der Waals surface area contributed by atoms with Crippen LogP contribution in [0.4, 0.5) is 0 Å². The Kier molecular flexibility index (Phi) is 13.9. The van der Waals surface area contributed by atoms with E-state index in [0.29, 0.717) is 37.1 Å². The number of carbonyl (C=O) groups is 2. The average Bonchev–Trinajstić information content (AvgIpc) is 2.93. The van der Waals surface area contributed by atoms with Crippen LogP contribution in [0.2, 0.25) is 39.3 Å². The van der Waals surface area contributed by atoms with E-state index < -0.39 is 16.6 Å². The molecule has 0 saturated carbocycles. The Balaban J connectivity index is 1.77. The molecule has 2 aliphatic carbocycles. The van der Waals surface area contributed by atoms with Crippen molar-refractivity contribution in [1.82, 2.24) is 5.32 Å². The summed E-state index contributed by atoms with van der Waals surface area (Å²) in [6.45, 7) is 22.3. The third-order valence-corrected chi connectivity index (χ3v) is 11.1. The quantitative estimate of drug-likeness (QED) is 0.143. The van der Waals surface area contributed by atoms with Crippen LogP contribution in [0.25, 0.3) is 0 Å². The molecule has 252 valence electrons. The van der Waals surface area contributed by atoms with Crippen molar-refractivity contribution < 1.29 is 23.2 Å². The van der Waals surface area contributed by atoms with Crippen LogP contribution in [-0.4, -0.2) is 46.8 Å². The number of hydrogen-bond donors (Lipinski definition) is 1. The molecule has 0 unspecified atom stereocenters. The molecule has 0 aliphatic heterocycles. The summed E-state index contributed by atoms with van der Waals surface area (Å²) in [4.78, 5) is 26.1. The fourth-order valence-corrected chi connectivity index (χ4v) is 9.19. The third-order valence-electron chi connectivity index (χ3n) is 9.01. The minimum Gasteiger partial charge on any atom is -0.461 e. The van der Waals surface area contributed by atoms with E-state index in [1.807, 2.05) is 44.2 Å². The molecular formula is C37H61NO5Si2. The predicted octanol–water partition coefficient (Wildman–Crippen LogP) is 8.67. The monoisotopic (exact) mass is 655 g/mol. The van der Waals surface area contributed by atoms with Crippen LogP contribution >= 0.6 is 0 Å². The van der Waals surface area contributed by atoms with E-state index in [9.17, 15) is 9.59 Å². The van der Waals surface area contributed by atoms with Crippen molar-refractivity contribution >= 4 is 28.5 Å². The number of ether oxygens (including phenoxy) is 1. The number of fused-ring (bicyclic) bond motifs is 1. The van der Waals surface area contributed by atoms with Crippen molar-refractivity contribution in [2.24, 2.45) is 29.6 Å². The number of hydrogen-bond acceptors (Lipinski definition) is 5. The van der Waals surface area contributed by atoms with Crippen molar-refractivity contribution in [2.75, 3.05) is 0 Å². The van der Waals surface area contributed by atoms with Gasteiger partial charge in [0.2, 0.25) is 5.91 Å². The number of amides is 1.